The summed E-state index contributed by atoms with van der Waals surface area (Å²) in [4.78, 5) is 58.7. The third-order valence-corrected chi connectivity index (χ3v) is 11.5. The zero-order valence-electron chi connectivity index (χ0n) is 28.2. The first kappa shape index (κ1) is 34.4. The van der Waals surface area contributed by atoms with Crippen molar-refractivity contribution in [1.29, 1.82) is 0 Å². The Balaban J connectivity index is 1.25. The average molecular weight is 660 g/mol. The van der Waals surface area contributed by atoms with Crippen LogP contribution < -0.4 is 16.4 Å². The first-order valence-corrected chi connectivity index (χ1v) is 18.4. The molecule has 2 aromatic rings. The van der Waals surface area contributed by atoms with E-state index in [0.29, 0.717) is 43.2 Å². The van der Waals surface area contributed by atoms with Gasteiger partial charge in [-0.2, -0.15) is 0 Å². The number of hydrogen-bond donors (Lipinski definition) is 4. The Morgan fingerprint density at radius 3 is 2.17 bits per heavy atom. The Morgan fingerprint density at radius 2 is 1.48 bits per heavy atom. The van der Waals surface area contributed by atoms with Crippen LogP contribution in [0, 0.1) is 11.8 Å². The van der Waals surface area contributed by atoms with Crippen LogP contribution in [-0.4, -0.2) is 88.4 Å². The molecule has 5 N–H and O–H groups in total. The lowest BCUT2D eigenvalue weighted by molar-refractivity contribution is -0.141. The van der Waals surface area contributed by atoms with Gasteiger partial charge in [-0.3, -0.25) is 24.1 Å². The van der Waals surface area contributed by atoms with Crippen molar-refractivity contribution >= 4 is 34.4 Å². The van der Waals surface area contributed by atoms with Crippen LogP contribution in [-0.2, 0) is 14.4 Å². The van der Waals surface area contributed by atoms with Crippen LogP contribution in [0.2, 0.25) is 0 Å². The van der Waals surface area contributed by atoms with Crippen LogP contribution in [0.15, 0.2) is 42.5 Å². The summed E-state index contributed by atoms with van der Waals surface area (Å²) in [5, 5.41) is 18.8. The number of amides is 4. The molecule has 2 aliphatic carbocycles. The van der Waals surface area contributed by atoms with Gasteiger partial charge in [0.1, 0.15) is 12.1 Å². The Kier molecular flexibility index (Phi) is 11.3. The Hall–Kier alpha value is -3.50. The second kappa shape index (κ2) is 15.8. The maximum Gasteiger partial charge on any atom is 0.251 e. The molecule has 2 saturated carbocycles. The third kappa shape index (κ3) is 8.20. The van der Waals surface area contributed by atoms with E-state index in [-0.39, 0.29) is 23.8 Å². The minimum atomic E-state index is -1.50. The number of aliphatic hydroxyl groups excluding tert-OH is 1. The maximum absolute atomic E-state index is 14.7. The van der Waals surface area contributed by atoms with Gasteiger partial charge in [-0.05, 0) is 79.9 Å². The second-order valence-corrected chi connectivity index (χ2v) is 14.8. The molecule has 6 rings (SSSR count). The number of nitrogens with two attached hydrogens (primary N) is 1. The van der Waals surface area contributed by atoms with Crippen LogP contribution in [0.3, 0.4) is 0 Å². The first-order valence-electron chi connectivity index (χ1n) is 18.4. The number of nitrogens with zero attached hydrogens (tertiary/aromatic N) is 2. The summed E-state index contributed by atoms with van der Waals surface area (Å²) < 4.78 is 0. The molecule has 0 aromatic heterocycles. The molecule has 48 heavy (non-hydrogen) atoms. The van der Waals surface area contributed by atoms with E-state index >= 15 is 0 Å². The van der Waals surface area contributed by atoms with Gasteiger partial charge in [-0.15, -0.1) is 0 Å². The molecule has 0 bridgehead atoms. The second-order valence-electron chi connectivity index (χ2n) is 14.8. The fraction of sp³-hybridized carbons (Fsp3) is 0.632. The van der Waals surface area contributed by atoms with Crippen molar-refractivity contribution in [3.05, 3.63) is 48.0 Å². The molecule has 260 valence electrons. The van der Waals surface area contributed by atoms with Crippen LogP contribution >= 0.6 is 0 Å². The molecule has 2 aliphatic heterocycles. The van der Waals surface area contributed by atoms with Gasteiger partial charge in [0.2, 0.25) is 17.7 Å². The average Bonchev–Trinajstić information content (AvgIpc) is 3.54. The lowest BCUT2D eigenvalue weighted by Crippen LogP contribution is -2.57. The number of hydrogen-bond acceptors (Lipinski definition) is 6. The number of fused-ring (bicyclic) bond motifs is 1. The number of likely N-dealkylation sites (tertiary alicyclic amines) is 2. The predicted molar refractivity (Wildman–Crippen MR) is 185 cm³/mol. The molecule has 4 fully saturated rings. The fourth-order valence-electron chi connectivity index (χ4n) is 8.44. The molecular weight excluding hydrogens is 606 g/mol. The highest BCUT2D eigenvalue weighted by molar-refractivity contribution is 6.01. The largest absolute Gasteiger partial charge is 0.381 e. The van der Waals surface area contributed by atoms with Crippen molar-refractivity contribution in [3.63, 3.8) is 0 Å². The van der Waals surface area contributed by atoms with E-state index in [0.717, 1.165) is 81.6 Å². The van der Waals surface area contributed by atoms with Crippen molar-refractivity contribution in [2.24, 2.45) is 17.6 Å². The van der Waals surface area contributed by atoms with Gasteiger partial charge in [0.25, 0.3) is 5.91 Å². The van der Waals surface area contributed by atoms with Crippen molar-refractivity contribution in [2.75, 3.05) is 19.6 Å². The molecule has 4 amide bonds. The van der Waals surface area contributed by atoms with Gasteiger partial charge in [-0.25, -0.2) is 0 Å². The van der Waals surface area contributed by atoms with Crippen molar-refractivity contribution < 1.29 is 24.3 Å². The molecule has 5 atom stereocenters. The molecule has 4 aliphatic rings. The molecule has 0 spiro atoms. The fourth-order valence-corrected chi connectivity index (χ4v) is 8.44. The lowest BCUT2D eigenvalue weighted by atomic mass is 9.79. The number of aliphatic hydroxyl groups is 1. The molecule has 0 radical (unpaired) electrons. The van der Waals surface area contributed by atoms with E-state index in [9.17, 15) is 24.3 Å². The molecule has 2 unspecified atom stereocenters. The first-order chi connectivity index (χ1) is 23.3. The van der Waals surface area contributed by atoms with Gasteiger partial charge < -0.3 is 26.4 Å². The van der Waals surface area contributed by atoms with Gasteiger partial charge in [0.05, 0.1) is 6.04 Å². The van der Waals surface area contributed by atoms with E-state index in [2.05, 4.69) is 15.5 Å². The summed E-state index contributed by atoms with van der Waals surface area (Å²) in [6, 6.07) is 11.1. The standard InChI is InChI=1S/C38H53N5O5/c39-35(45)34(44)31(20-26-12-9-13-26)40-37(47)33-23-30(42-18-7-2-8-19-42)24-43(33)38(48)32(21-25-10-3-1-4-11-25)41-36(46)29-17-16-27-14-5-6-15-28(27)22-29/h5-6,14-17,22,25-26,30-34,44H,1-4,7-13,18-21,23-24H2,(H2,39,45)(H,40,47)(H,41,46)/t30-,31?,32-,33+,34?/m1/s1. The topological polar surface area (TPSA) is 145 Å². The quantitative estimate of drug-likeness (QED) is 0.272. The van der Waals surface area contributed by atoms with Crippen LogP contribution in [0.4, 0.5) is 0 Å². The van der Waals surface area contributed by atoms with Crippen molar-refractivity contribution in [1.82, 2.24) is 20.4 Å². The van der Waals surface area contributed by atoms with E-state index in [4.69, 9.17) is 5.73 Å². The van der Waals surface area contributed by atoms with Crippen LogP contribution in [0.5, 0.6) is 0 Å². The molecule has 10 nitrogen and oxygen atoms in total. The molecule has 10 heteroatoms. The van der Waals surface area contributed by atoms with Gasteiger partial charge >= 0.3 is 0 Å². The van der Waals surface area contributed by atoms with Crippen LogP contribution in [0.1, 0.15) is 100 Å². The minimum Gasteiger partial charge on any atom is -0.381 e. The SMILES string of the molecule is NC(=O)C(O)C(CC1CCC1)NC(=O)[C@@H]1C[C@@H](N2CCCCC2)CN1C(=O)[C@@H](CC1CCCCC1)NC(=O)c1ccc2ccccc2c1. The summed E-state index contributed by atoms with van der Waals surface area (Å²) in [5.74, 6) is -1.14. The predicted octanol–water partition coefficient (Wildman–Crippen LogP) is 3.89. The smallest absolute Gasteiger partial charge is 0.251 e. The monoisotopic (exact) mass is 659 g/mol. The number of nitrogens with one attached hydrogen (secondary N) is 2. The Labute approximate surface area is 284 Å². The summed E-state index contributed by atoms with van der Waals surface area (Å²) in [5.41, 5.74) is 5.99. The summed E-state index contributed by atoms with van der Waals surface area (Å²) in [6.07, 6.45) is 11.8. The van der Waals surface area contributed by atoms with Gasteiger partial charge in [-0.1, -0.05) is 88.1 Å². The molecule has 2 heterocycles. The number of piperidine rings is 1. The highest BCUT2D eigenvalue weighted by atomic mass is 16.3. The number of rotatable bonds is 12. The third-order valence-electron chi connectivity index (χ3n) is 11.5. The normalized spacial score (nSPS) is 24.4. The van der Waals surface area contributed by atoms with E-state index < -0.39 is 30.1 Å². The zero-order valence-corrected chi connectivity index (χ0v) is 28.2. The number of benzene rings is 2. The number of carbonyl (C=O) groups excluding carboxylic acids is 4. The highest BCUT2D eigenvalue weighted by Crippen LogP contribution is 2.33. The summed E-state index contributed by atoms with van der Waals surface area (Å²) >= 11 is 0. The lowest BCUT2D eigenvalue weighted by Gasteiger charge is -2.34. The molecule has 2 aromatic carbocycles. The maximum atomic E-state index is 14.7. The van der Waals surface area contributed by atoms with Crippen molar-refractivity contribution in [2.45, 2.75) is 120 Å². The van der Waals surface area contributed by atoms with Gasteiger partial charge in [0, 0.05) is 18.2 Å². The summed E-state index contributed by atoms with van der Waals surface area (Å²) in [7, 11) is 0. The number of primary amides is 1. The van der Waals surface area contributed by atoms with E-state index in [1.807, 2.05) is 36.4 Å². The molecule has 2 saturated heterocycles. The highest BCUT2D eigenvalue weighted by Gasteiger charge is 2.45. The zero-order chi connectivity index (χ0) is 33.6. The van der Waals surface area contributed by atoms with E-state index in [1.165, 1.54) is 12.8 Å². The summed E-state index contributed by atoms with van der Waals surface area (Å²) in [6.45, 7) is 2.25. The Bertz CT molecular complexity index is 1450. The van der Waals surface area contributed by atoms with Gasteiger partial charge in [0.15, 0.2) is 6.10 Å². The molecular formula is C38H53N5O5. The Morgan fingerprint density at radius 1 is 0.812 bits per heavy atom. The van der Waals surface area contributed by atoms with Crippen LogP contribution in [0.25, 0.3) is 10.8 Å². The van der Waals surface area contributed by atoms with E-state index in [1.54, 1.807) is 11.0 Å². The minimum absolute atomic E-state index is 0.0164. The van der Waals surface area contributed by atoms with Crippen molar-refractivity contribution in [3.8, 4) is 0 Å². The number of carbonyl (C=O) groups is 4.